The van der Waals surface area contributed by atoms with Crippen molar-refractivity contribution in [2.24, 2.45) is 0 Å². The smallest absolute Gasteiger partial charge is 0.0680 e. The molecule has 18 heavy (non-hydrogen) atoms. The number of rotatable bonds is 5. The van der Waals surface area contributed by atoms with Crippen molar-refractivity contribution >= 4 is 0 Å². The summed E-state index contributed by atoms with van der Waals surface area (Å²) in [6.45, 7) is 5.27. The zero-order chi connectivity index (χ0) is 12.8. The summed E-state index contributed by atoms with van der Waals surface area (Å²) in [6.07, 6.45) is 6.54. The highest BCUT2D eigenvalue weighted by Crippen LogP contribution is 2.23. The van der Waals surface area contributed by atoms with Crippen LogP contribution < -0.4 is 0 Å². The van der Waals surface area contributed by atoms with Gasteiger partial charge in [0.2, 0.25) is 0 Å². The molecule has 0 radical (unpaired) electrons. The van der Waals surface area contributed by atoms with Gasteiger partial charge in [0.25, 0.3) is 0 Å². The van der Waals surface area contributed by atoms with Crippen LogP contribution in [0.1, 0.15) is 45.1 Å². The SMILES string of the molecule is CC1=C(C)CC(CCCCc2ccccc2)OC1. The van der Waals surface area contributed by atoms with E-state index in [-0.39, 0.29) is 0 Å². The maximum Gasteiger partial charge on any atom is 0.0680 e. The summed E-state index contributed by atoms with van der Waals surface area (Å²) in [5.74, 6) is 0. The lowest BCUT2D eigenvalue weighted by atomic mass is 9.97. The summed E-state index contributed by atoms with van der Waals surface area (Å²) in [5, 5.41) is 0. The number of hydrogen-bond donors (Lipinski definition) is 0. The molecule has 2 rings (SSSR count). The van der Waals surface area contributed by atoms with Crippen molar-refractivity contribution in [1.29, 1.82) is 0 Å². The Labute approximate surface area is 111 Å². The molecule has 0 saturated carbocycles. The zero-order valence-corrected chi connectivity index (χ0v) is 11.6. The van der Waals surface area contributed by atoms with Gasteiger partial charge < -0.3 is 4.74 Å². The topological polar surface area (TPSA) is 9.23 Å². The van der Waals surface area contributed by atoms with Gasteiger partial charge >= 0.3 is 0 Å². The van der Waals surface area contributed by atoms with E-state index >= 15 is 0 Å². The first-order valence-electron chi connectivity index (χ1n) is 7.06. The first-order chi connectivity index (χ1) is 8.75. The van der Waals surface area contributed by atoms with E-state index in [1.54, 1.807) is 0 Å². The average molecular weight is 244 g/mol. The Morgan fingerprint density at radius 2 is 1.83 bits per heavy atom. The Balaban J connectivity index is 1.65. The van der Waals surface area contributed by atoms with Crippen LogP contribution in [-0.4, -0.2) is 12.7 Å². The van der Waals surface area contributed by atoms with Crippen LogP contribution in [0.2, 0.25) is 0 Å². The van der Waals surface area contributed by atoms with Gasteiger partial charge in [0.1, 0.15) is 0 Å². The maximum atomic E-state index is 5.86. The number of unbranched alkanes of at least 4 members (excludes halogenated alkanes) is 1. The van der Waals surface area contributed by atoms with Gasteiger partial charge in [-0.3, -0.25) is 0 Å². The summed E-state index contributed by atoms with van der Waals surface area (Å²) in [7, 11) is 0. The minimum Gasteiger partial charge on any atom is -0.374 e. The predicted octanol–water partition coefficient (Wildman–Crippen LogP) is 4.52. The summed E-state index contributed by atoms with van der Waals surface area (Å²) in [4.78, 5) is 0. The lowest BCUT2D eigenvalue weighted by Crippen LogP contribution is -2.20. The van der Waals surface area contributed by atoms with E-state index in [0.717, 1.165) is 13.0 Å². The molecule has 1 atom stereocenters. The van der Waals surface area contributed by atoms with Crippen LogP contribution in [0.4, 0.5) is 0 Å². The third-order valence-corrected chi connectivity index (χ3v) is 3.88. The molecule has 1 unspecified atom stereocenters. The zero-order valence-electron chi connectivity index (χ0n) is 11.6. The lowest BCUT2D eigenvalue weighted by molar-refractivity contribution is 0.0506. The van der Waals surface area contributed by atoms with Crippen molar-refractivity contribution in [3.8, 4) is 0 Å². The molecule has 1 aliphatic rings. The van der Waals surface area contributed by atoms with E-state index in [9.17, 15) is 0 Å². The third kappa shape index (κ3) is 3.99. The van der Waals surface area contributed by atoms with Gasteiger partial charge in [0, 0.05) is 0 Å². The van der Waals surface area contributed by atoms with E-state index < -0.39 is 0 Å². The molecule has 1 aromatic carbocycles. The molecule has 0 aromatic heterocycles. The molecule has 0 saturated heterocycles. The number of ether oxygens (including phenoxy) is 1. The van der Waals surface area contributed by atoms with Crippen LogP contribution in [0.25, 0.3) is 0 Å². The van der Waals surface area contributed by atoms with Crippen LogP contribution in [0.15, 0.2) is 41.5 Å². The van der Waals surface area contributed by atoms with Crippen molar-refractivity contribution in [3.05, 3.63) is 47.0 Å². The molecule has 1 aliphatic heterocycles. The molecule has 0 N–H and O–H groups in total. The summed E-state index contributed by atoms with van der Waals surface area (Å²) >= 11 is 0. The number of aryl methyl sites for hydroxylation is 1. The molecule has 1 heterocycles. The van der Waals surface area contributed by atoms with E-state index in [1.165, 1.54) is 42.4 Å². The summed E-state index contributed by atoms with van der Waals surface area (Å²) in [5.41, 5.74) is 4.42. The molecule has 0 spiro atoms. The van der Waals surface area contributed by atoms with Gasteiger partial charge in [-0.2, -0.15) is 0 Å². The predicted molar refractivity (Wildman–Crippen MR) is 76.7 cm³/mol. The summed E-state index contributed by atoms with van der Waals surface area (Å²) < 4.78 is 5.86. The molecular weight excluding hydrogens is 220 g/mol. The fourth-order valence-corrected chi connectivity index (χ4v) is 2.47. The fourth-order valence-electron chi connectivity index (χ4n) is 2.47. The van der Waals surface area contributed by atoms with Crippen molar-refractivity contribution < 1.29 is 4.74 Å². The maximum absolute atomic E-state index is 5.86. The van der Waals surface area contributed by atoms with Crippen molar-refractivity contribution in [3.63, 3.8) is 0 Å². The Morgan fingerprint density at radius 3 is 2.56 bits per heavy atom. The molecule has 0 bridgehead atoms. The van der Waals surface area contributed by atoms with Gasteiger partial charge in [-0.05, 0) is 50.7 Å². The highest BCUT2D eigenvalue weighted by molar-refractivity contribution is 5.15. The quantitative estimate of drug-likeness (QED) is 0.546. The van der Waals surface area contributed by atoms with Crippen LogP contribution in [-0.2, 0) is 11.2 Å². The molecular formula is C17H24O. The Kier molecular flexibility index (Phi) is 5.00. The minimum absolute atomic E-state index is 0.462. The second-order valence-corrected chi connectivity index (χ2v) is 5.43. The molecule has 1 aromatic rings. The largest absolute Gasteiger partial charge is 0.374 e. The van der Waals surface area contributed by atoms with Crippen LogP contribution in [0.5, 0.6) is 0 Å². The first kappa shape index (κ1) is 13.4. The van der Waals surface area contributed by atoms with Crippen LogP contribution in [0.3, 0.4) is 0 Å². The van der Waals surface area contributed by atoms with Crippen molar-refractivity contribution in [2.45, 2.75) is 52.1 Å². The van der Waals surface area contributed by atoms with E-state index in [0.29, 0.717) is 6.10 Å². The molecule has 0 amide bonds. The highest BCUT2D eigenvalue weighted by Gasteiger charge is 2.16. The Morgan fingerprint density at radius 1 is 1.06 bits per heavy atom. The van der Waals surface area contributed by atoms with Crippen molar-refractivity contribution in [2.75, 3.05) is 6.61 Å². The first-order valence-corrected chi connectivity index (χ1v) is 7.06. The third-order valence-electron chi connectivity index (χ3n) is 3.88. The molecule has 1 heteroatoms. The van der Waals surface area contributed by atoms with Gasteiger partial charge in [0.05, 0.1) is 12.7 Å². The lowest BCUT2D eigenvalue weighted by Gasteiger charge is -2.25. The van der Waals surface area contributed by atoms with Crippen LogP contribution >= 0.6 is 0 Å². The molecule has 1 nitrogen and oxygen atoms in total. The number of hydrogen-bond acceptors (Lipinski definition) is 1. The fraction of sp³-hybridized carbons (Fsp3) is 0.529. The van der Waals surface area contributed by atoms with E-state index in [2.05, 4.69) is 44.2 Å². The Bertz CT molecular complexity index is 391. The van der Waals surface area contributed by atoms with Gasteiger partial charge in [0.15, 0.2) is 0 Å². The normalized spacial score (nSPS) is 20.2. The second kappa shape index (κ2) is 6.75. The standard InChI is InChI=1S/C17H24O/c1-14-12-17(18-13-15(14)2)11-7-6-10-16-8-4-3-5-9-16/h3-5,8-9,17H,6-7,10-13H2,1-2H3. The van der Waals surface area contributed by atoms with Gasteiger partial charge in [-0.15, -0.1) is 0 Å². The van der Waals surface area contributed by atoms with Gasteiger partial charge in [-0.1, -0.05) is 42.3 Å². The molecule has 0 aliphatic carbocycles. The monoisotopic (exact) mass is 244 g/mol. The molecule has 98 valence electrons. The second-order valence-electron chi connectivity index (χ2n) is 5.43. The van der Waals surface area contributed by atoms with Gasteiger partial charge in [-0.25, -0.2) is 0 Å². The average Bonchev–Trinajstić information content (AvgIpc) is 2.40. The van der Waals surface area contributed by atoms with Crippen molar-refractivity contribution in [1.82, 2.24) is 0 Å². The van der Waals surface area contributed by atoms with Crippen LogP contribution in [0, 0.1) is 0 Å². The Hall–Kier alpha value is -1.08. The van der Waals surface area contributed by atoms with E-state index in [4.69, 9.17) is 4.74 Å². The van der Waals surface area contributed by atoms with E-state index in [1.807, 2.05) is 0 Å². The minimum atomic E-state index is 0.462. The highest BCUT2D eigenvalue weighted by atomic mass is 16.5. The molecule has 0 fully saturated rings. The number of benzene rings is 1. The summed E-state index contributed by atoms with van der Waals surface area (Å²) in [6, 6.07) is 10.8.